The minimum atomic E-state index is 0. The third kappa shape index (κ3) is 5.06. The van der Waals surface area contributed by atoms with Gasteiger partial charge < -0.3 is 16.0 Å². The Morgan fingerprint density at radius 2 is 1.95 bits per heavy atom. The Hall–Kier alpha value is -0.970. The lowest BCUT2D eigenvalue weighted by atomic mass is 10.1. The number of nitrogens with zero attached hydrogens (tertiary/aromatic N) is 1. The van der Waals surface area contributed by atoms with Crippen LogP contribution in [0.25, 0.3) is 0 Å². The number of aryl methyl sites for hydroxylation is 2. The van der Waals surface area contributed by atoms with Crippen LogP contribution in [-0.4, -0.2) is 37.0 Å². The first-order valence-corrected chi connectivity index (χ1v) is 6.89. The smallest absolute Gasteiger partial charge is 0.241 e. The molecule has 0 bridgehead atoms. The fourth-order valence-electron chi connectivity index (χ4n) is 2.62. The number of halogens is 2. The van der Waals surface area contributed by atoms with E-state index < -0.39 is 0 Å². The van der Waals surface area contributed by atoms with E-state index in [1.54, 1.807) is 0 Å². The lowest BCUT2D eigenvalue weighted by Crippen LogP contribution is -2.34. The Labute approximate surface area is 139 Å². The van der Waals surface area contributed by atoms with Crippen molar-refractivity contribution in [2.45, 2.75) is 20.3 Å². The van der Waals surface area contributed by atoms with E-state index in [0.29, 0.717) is 19.0 Å². The van der Waals surface area contributed by atoms with Gasteiger partial charge in [0.15, 0.2) is 0 Å². The number of carbonyl (C=O) groups excluding carboxylic acids is 1. The van der Waals surface area contributed by atoms with Crippen molar-refractivity contribution in [3.05, 3.63) is 29.3 Å². The van der Waals surface area contributed by atoms with Gasteiger partial charge in [0.1, 0.15) is 0 Å². The van der Waals surface area contributed by atoms with E-state index in [1.165, 1.54) is 11.1 Å². The molecule has 0 aliphatic carbocycles. The number of para-hydroxylation sites is 1. The summed E-state index contributed by atoms with van der Waals surface area (Å²) < 4.78 is 0. The Morgan fingerprint density at radius 3 is 2.48 bits per heavy atom. The van der Waals surface area contributed by atoms with Crippen LogP contribution in [0.15, 0.2) is 18.2 Å². The van der Waals surface area contributed by atoms with E-state index in [9.17, 15) is 4.79 Å². The third-order valence-corrected chi connectivity index (χ3v) is 3.87. The number of anilines is 1. The molecule has 1 aromatic rings. The van der Waals surface area contributed by atoms with Gasteiger partial charge in [-0.25, -0.2) is 0 Å². The topological polar surface area (TPSA) is 58.4 Å². The third-order valence-electron chi connectivity index (χ3n) is 3.87. The van der Waals surface area contributed by atoms with E-state index in [2.05, 4.69) is 31.3 Å². The van der Waals surface area contributed by atoms with Gasteiger partial charge in [0.2, 0.25) is 5.91 Å². The zero-order valence-corrected chi connectivity index (χ0v) is 14.2. The first-order chi connectivity index (χ1) is 9.11. The number of nitrogens with two attached hydrogens (primary N) is 1. The maximum atomic E-state index is 12.1. The lowest BCUT2D eigenvalue weighted by molar-refractivity contribution is -0.128. The molecule has 1 atom stereocenters. The molecule has 1 amide bonds. The van der Waals surface area contributed by atoms with Gasteiger partial charge in [-0.2, -0.15) is 0 Å². The highest BCUT2D eigenvalue weighted by molar-refractivity contribution is 5.85. The number of benzene rings is 1. The van der Waals surface area contributed by atoms with Crippen LogP contribution in [0.2, 0.25) is 0 Å². The minimum Gasteiger partial charge on any atom is -0.376 e. The SMILES string of the molecule is Cc1cccc(C)c1NCC(=O)N1CCC(CN)C1.Cl.Cl. The predicted molar refractivity (Wildman–Crippen MR) is 92.6 cm³/mol. The molecule has 120 valence electrons. The zero-order chi connectivity index (χ0) is 13.8. The Morgan fingerprint density at radius 1 is 1.33 bits per heavy atom. The van der Waals surface area contributed by atoms with Crippen LogP contribution >= 0.6 is 24.8 Å². The van der Waals surface area contributed by atoms with Gasteiger partial charge >= 0.3 is 0 Å². The van der Waals surface area contributed by atoms with E-state index in [4.69, 9.17) is 5.73 Å². The summed E-state index contributed by atoms with van der Waals surface area (Å²) in [6.45, 7) is 6.80. The van der Waals surface area contributed by atoms with Crippen molar-refractivity contribution in [1.82, 2.24) is 4.90 Å². The van der Waals surface area contributed by atoms with Crippen LogP contribution in [0.3, 0.4) is 0 Å². The molecule has 0 aromatic heterocycles. The molecule has 0 spiro atoms. The highest BCUT2D eigenvalue weighted by Gasteiger charge is 2.24. The molecule has 1 fully saturated rings. The summed E-state index contributed by atoms with van der Waals surface area (Å²) in [7, 11) is 0. The molecular formula is C15H25Cl2N3O. The van der Waals surface area contributed by atoms with Crippen LogP contribution in [-0.2, 0) is 4.79 Å². The van der Waals surface area contributed by atoms with Crippen molar-refractivity contribution in [2.75, 3.05) is 31.5 Å². The second-order valence-corrected chi connectivity index (χ2v) is 5.35. The molecule has 1 aliphatic rings. The van der Waals surface area contributed by atoms with Crippen molar-refractivity contribution < 1.29 is 4.79 Å². The second-order valence-electron chi connectivity index (χ2n) is 5.35. The summed E-state index contributed by atoms with van der Waals surface area (Å²) in [5.41, 5.74) is 9.07. The van der Waals surface area contributed by atoms with E-state index in [1.807, 2.05) is 11.0 Å². The highest BCUT2D eigenvalue weighted by Crippen LogP contribution is 2.20. The van der Waals surface area contributed by atoms with E-state index in [-0.39, 0.29) is 30.7 Å². The number of nitrogens with one attached hydrogen (secondary N) is 1. The summed E-state index contributed by atoms with van der Waals surface area (Å²) in [4.78, 5) is 14.0. The molecule has 1 aliphatic heterocycles. The largest absolute Gasteiger partial charge is 0.376 e. The van der Waals surface area contributed by atoms with Crippen LogP contribution < -0.4 is 11.1 Å². The first kappa shape index (κ1) is 20.0. The quantitative estimate of drug-likeness (QED) is 0.889. The Kier molecular flexibility index (Phi) is 8.71. The van der Waals surface area contributed by atoms with Gasteiger partial charge in [-0.3, -0.25) is 4.79 Å². The molecule has 1 saturated heterocycles. The Balaban J connectivity index is 0.00000200. The van der Waals surface area contributed by atoms with Gasteiger partial charge in [-0.1, -0.05) is 18.2 Å². The summed E-state index contributed by atoms with van der Waals surface area (Å²) in [6.07, 6.45) is 1.03. The minimum absolute atomic E-state index is 0. The fourth-order valence-corrected chi connectivity index (χ4v) is 2.62. The Bertz CT molecular complexity index is 448. The van der Waals surface area contributed by atoms with Gasteiger partial charge in [0, 0.05) is 18.8 Å². The monoisotopic (exact) mass is 333 g/mol. The van der Waals surface area contributed by atoms with Crippen molar-refractivity contribution >= 4 is 36.4 Å². The van der Waals surface area contributed by atoms with Crippen LogP contribution in [0.4, 0.5) is 5.69 Å². The number of rotatable bonds is 4. The van der Waals surface area contributed by atoms with Crippen molar-refractivity contribution in [3.63, 3.8) is 0 Å². The molecule has 3 N–H and O–H groups in total. The molecule has 1 unspecified atom stereocenters. The average Bonchev–Trinajstić information content (AvgIpc) is 2.86. The zero-order valence-electron chi connectivity index (χ0n) is 12.6. The summed E-state index contributed by atoms with van der Waals surface area (Å²) in [5.74, 6) is 0.641. The number of likely N-dealkylation sites (tertiary alicyclic amines) is 1. The van der Waals surface area contributed by atoms with Crippen LogP contribution in [0, 0.1) is 19.8 Å². The molecule has 1 aromatic carbocycles. The van der Waals surface area contributed by atoms with Gasteiger partial charge in [-0.15, -0.1) is 24.8 Å². The number of hydrogen-bond acceptors (Lipinski definition) is 3. The molecule has 0 saturated carbocycles. The maximum Gasteiger partial charge on any atom is 0.241 e. The fraction of sp³-hybridized carbons (Fsp3) is 0.533. The normalized spacial score (nSPS) is 16.9. The molecule has 2 rings (SSSR count). The average molecular weight is 334 g/mol. The highest BCUT2D eigenvalue weighted by atomic mass is 35.5. The summed E-state index contributed by atoms with van der Waals surface area (Å²) >= 11 is 0. The first-order valence-electron chi connectivity index (χ1n) is 6.89. The predicted octanol–water partition coefficient (Wildman–Crippen LogP) is 2.37. The maximum absolute atomic E-state index is 12.1. The molecule has 21 heavy (non-hydrogen) atoms. The van der Waals surface area contributed by atoms with E-state index in [0.717, 1.165) is 25.2 Å². The molecule has 6 heteroatoms. The van der Waals surface area contributed by atoms with Gasteiger partial charge in [0.05, 0.1) is 6.54 Å². The van der Waals surface area contributed by atoms with Crippen molar-refractivity contribution in [2.24, 2.45) is 11.7 Å². The second kappa shape index (κ2) is 9.13. The molecule has 1 heterocycles. The van der Waals surface area contributed by atoms with Crippen LogP contribution in [0.1, 0.15) is 17.5 Å². The standard InChI is InChI=1S/C15H23N3O.2ClH/c1-11-4-3-5-12(2)15(11)17-9-14(19)18-7-6-13(8-16)10-18;;/h3-5,13,17H,6-10,16H2,1-2H3;2*1H. The number of amides is 1. The molecular weight excluding hydrogens is 309 g/mol. The lowest BCUT2D eigenvalue weighted by Gasteiger charge is -2.18. The van der Waals surface area contributed by atoms with Crippen molar-refractivity contribution in [3.8, 4) is 0 Å². The molecule has 0 radical (unpaired) electrons. The van der Waals surface area contributed by atoms with Crippen LogP contribution in [0.5, 0.6) is 0 Å². The van der Waals surface area contributed by atoms with Gasteiger partial charge in [-0.05, 0) is 43.9 Å². The van der Waals surface area contributed by atoms with Gasteiger partial charge in [0.25, 0.3) is 0 Å². The molecule has 4 nitrogen and oxygen atoms in total. The summed E-state index contributed by atoms with van der Waals surface area (Å²) in [6, 6.07) is 6.14. The van der Waals surface area contributed by atoms with E-state index >= 15 is 0 Å². The van der Waals surface area contributed by atoms with Crippen molar-refractivity contribution in [1.29, 1.82) is 0 Å². The summed E-state index contributed by atoms with van der Waals surface area (Å²) in [5, 5.41) is 3.27. The number of carbonyl (C=O) groups is 1. The number of hydrogen-bond donors (Lipinski definition) is 2.